The van der Waals surface area contributed by atoms with Crippen molar-refractivity contribution in [2.45, 2.75) is 25.7 Å². The van der Waals surface area contributed by atoms with Crippen molar-refractivity contribution in [2.75, 3.05) is 24.6 Å². The highest BCUT2D eigenvalue weighted by Gasteiger charge is 2.19. The Hall–Kier alpha value is -2.77. The Morgan fingerprint density at radius 3 is 2.65 bits per heavy atom. The van der Waals surface area contributed by atoms with E-state index in [1.807, 2.05) is 4.40 Å². The molecule has 0 saturated carbocycles. The minimum Gasteiger partial charge on any atom is -0.477 e. The molecule has 26 heavy (non-hydrogen) atoms. The lowest BCUT2D eigenvalue weighted by Gasteiger charge is -2.26. The zero-order valence-electron chi connectivity index (χ0n) is 14.2. The Morgan fingerprint density at radius 2 is 1.85 bits per heavy atom. The van der Waals surface area contributed by atoms with Crippen LogP contribution in [0.25, 0.3) is 5.65 Å². The Labute approximate surface area is 149 Å². The molecule has 1 aromatic carbocycles. The van der Waals surface area contributed by atoms with Crippen LogP contribution in [0.4, 0.5) is 14.7 Å². The lowest BCUT2D eigenvalue weighted by atomic mass is 10.1. The number of halogens is 2. The third-order valence-electron chi connectivity index (χ3n) is 4.53. The second-order valence-electron chi connectivity index (χ2n) is 6.33. The highest BCUT2D eigenvalue weighted by Crippen LogP contribution is 2.23. The third kappa shape index (κ3) is 3.31. The smallest absolute Gasteiger partial charge is 0.234 e. The molecule has 0 amide bonds. The van der Waals surface area contributed by atoms with E-state index in [0.717, 1.165) is 37.9 Å². The highest BCUT2D eigenvalue weighted by molar-refractivity contribution is 5.48. The van der Waals surface area contributed by atoms with Crippen LogP contribution in [0.2, 0.25) is 0 Å². The normalized spacial score (nSPS) is 14.8. The molecule has 6 nitrogen and oxygen atoms in total. The number of ether oxygens (including phenoxy) is 1. The first-order valence-corrected chi connectivity index (χ1v) is 8.73. The Balaban J connectivity index is 1.52. The summed E-state index contributed by atoms with van der Waals surface area (Å²) in [6.45, 7) is 2.19. The zero-order valence-corrected chi connectivity index (χ0v) is 14.2. The summed E-state index contributed by atoms with van der Waals surface area (Å²) in [5, 5.41) is 8.47. The largest absolute Gasteiger partial charge is 0.477 e. The van der Waals surface area contributed by atoms with E-state index in [9.17, 15) is 8.78 Å². The molecule has 0 radical (unpaired) electrons. The molecule has 1 fully saturated rings. The van der Waals surface area contributed by atoms with Crippen molar-refractivity contribution in [2.24, 2.45) is 0 Å². The van der Waals surface area contributed by atoms with Gasteiger partial charge in [0.15, 0.2) is 17.3 Å². The first-order valence-electron chi connectivity index (χ1n) is 8.73. The van der Waals surface area contributed by atoms with Gasteiger partial charge in [0.05, 0.1) is 19.0 Å². The molecule has 1 aliphatic heterocycles. The molecule has 2 aromatic heterocycles. The van der Waals surface area contributed by atoms with Gasteiger partial charge in [-0.2, -0.15) is 0 Å². The van der Waals surface area contributed by atoms with Crippen LogP contribution in [0, 0.1) is 11.6 Å². The molecule has 0 atom stereocenters. The van der Waals surface area contributed by atoms with Gasteiger partial charge in [-0.25, -0.2) is 13.2 Å². The minimum atomic E-state index is -0.850. The molecule has 0 bridgehead atoms. The molecular formula is C18H19F2N5O. The van der Waals surface area contributed by atoms with Crippen molar-refractivity contribution < 1.29 is 13.5 Å². The maximum absolute atomic E-state index is 13.3. The SMILES string of the molecule is Fc1ccc(CCOc2cncc3nnc(N4CCCCC4)n23)cc1F. The lowest BCUT2D eigenvalue weighted by Crippen LogP contribution is -2.31. The van der Waals surface area contributed by atoms with Crippen molar-refractivity contribution in [3.8, 4) is 5.88 Å². The fourth-order valence-corrected chi connectivity index (χ4v) is 3.18. The summed E-state index contributed by atoms with van der Waals surface area (Å²) in [6.07, 6.45) is 7.21. The van der Waals surface area contributed by atoms with Crippen LogP contribution < -0.4 is 9.64 Å². The molecule has 8 heteroatoms. The van der Waals surface area contributed by atoms with Gasteiger partial charge in [-0.3, -0.25) is 4.98 Å². The Kier molecular flexibility index (Phi) is 4.64. The van der Waals surface area contributed by atoms with Crippen molar-refractivity contribution >= 4 is 11.6 Å². The number of piperidine rings is 1. The monoisotopic (exact) mass is 359 g/mol. The third-order valence-corrected chi connectivity index (χ3v) is 4.53. The maximum atomic E-state index is 13.3. The number of anilines is 1. The minimum absolute atomic E-state index is 0.309. The Bertz CT molecular complexity index is 908. The van der Waals surface area contributed by atoms with Crippen LogP contribution in [0.1, 0.15) is 24.8 Å². The van der Waals surface area contributed by atoms with Crippen molar-refractivity contribution in [1.82, 2.24) is 19.6 Å². The van der Waals surface area contributed by atoms with Gasteiger partial charge in [0.2, 0.25) is 11.8 Å². The van der Waals surface area contributed by atoms with Gasteiger partial charge in [-0.05, 0) is 37.0 Å². The number of benzene rings is 1. The van der Waals surface area contributed by atoms with Gasteiger partial charge in [0, 0.05) is 19.5 Å². The molecule has 136 valence electrons. The van der Waals surface area contributed by atoms with Crippen molar-refractivity contribution in [3.63, 3.8) is 0 Å². The van der Waals surface area contributed by atoms with Crippen LogP contribution in [-0.4, -0.2) is 39.3 Å². The molecule has 1 saturated heterocycles. The molecule has 0 N–H and O–H groups in total. The predicted molar refractivity (Wildman–Crippen MR) is 92.4 cm³/mol. The van der Waals surface area contributed by atoms with E-state index >= 15 is 0 Å². The molecule has 4 rings (SSSR count). The number of hydrogen-bond donors (Lipinski definition) is 0. The van der Waals surface area contributed by atoms with Crippen LogP contribution in [0.3, 0.4) is 0 Å². The van der Waals surface area contributed by atoms with Crippen LogP contribution in [-0.2, 0) is 6.42 Å². The number of rotatable bonds is 5. The van der Waals surface area contributed by atoms with Gasteiger partial charge in [0.25, 0.3) is 0 Å². The molecule has 3 heterocycles. The van der Waals surface area contributed by atoms with E-state index in [-0.39, 0.29) is 0 Å². The zero-order chi connectivity index (χ0) is 17.9. The summed E-state index contributed by atoms with van der Waals surface area (Å²) in [7, 11) is 0. The van der Waals surface area contributed by atoms with Crippen LogP contribution in [0.15, 0.2) is 30.6 Å². The molecule has 0 aliphatic carbocycles. The second-order valence-corrected chi connectivity index (χ2v) is 6.33. The topological polar surface area (TPSA) is 55.6 Å². The summed E-state index contributed by atoms with van der Waals surface area (Å²) in [5.74, 6) is -0.405. The molecule has 0 spiro atoms. The van der Waals surface area contributed by atoms with E-state index in [1.165, 1.54) is 12.5 Å². The van der Waals surface area contributed by atoms with Gasteiger partial charge >= 0.3 is 0 Å². The maximum Gasteiger partial charge on any atom is 0.234 e. The average molecular weight is 359 g/mol. The number of aromatic nitrogens is 4. The Morgan fingerprint density at radius 1 is 1.00 bits per heavy atom. The summed E-state index contributed by atoms with van der Waals surface area (Å²) in [4.78, 5) is 6.35. The summed E-state index contributed by atoms with van der Waals surface area (Å²) in [5.41, 5.74) is 1.29. The van der Waals surface area contributed by atoms with E-state index < -0.39 is 11.6 Å². The van der Waals surface area contributed by atoms with E-state index in [4.69, 9.17) is 4.74 Å². The van der Waals surface area contributed by atoms with E-state index in [1.54, 1.807) is 18.5 Å². The predicted octanol–water partition coefficient (Wildman–Crippen LogP) is 3.01. The first-order chi connectivity index (χ1) is 12.7. The lowest BCUT2D eigenvalue weighted by molar-refractivity contribution is 0.304. The highest BCUT2D eigenvalue weighted by atomic mass is 19.2. The van der Waals surface area contributed by atoms with Gasteiger partial charge in [0.1, 0.15) is 0 Å². The summed E-state index contributed by atoms with van der Waals surface area (Å²) >= 11 is 0. The molecule has 0 unspecified atom stereocenters. The average Bonchev–Trinajstić information content (AvgIpc) is 3.10. The second kappa shape index (κ2) is 7.23. The fraction of sp³-hybridized carbons (Fsp3) is 0.389. The summed E-state index contributed by atoms with van der Waals surface area (Å²) in [6, 6.07) is 3.87. The van der Waals surface area contributed by atoms with Crippen molar-refractivity contribution in [3.05, 3.63) is 47.8 Å². The number of fused-ring (bicyclic) bond motifs is 1. The quantitative estimate of drug-likeness (QED) is 0.701. The van der Waals surface area contributed by atoms with E-state index in [2.05, 4.69) is 20.1 Å². The standard InChI is InChI=1S/C18H19F2N5O/c19-14-5-4-13(10-15(14)20)6-9-26-17-12-21-11-16-22-23-18(25(16)17)24-7-2-1-3-8-24/h4-5,10-12H,1-3,6-9H2. The number of hydrogen-bond acceptors (Lipinski definition) is 5. The molecule has 1 aliphatic rings. The van der Waals surface area contributed by atoms with Gasteiger partial charge in [-0.15, -0.1) is 10.2 Å². The van der Waals surface area contributed by atoms with Crippen molar-refractivity contribution in [1.29, 1.82) is 0 Å². The number of nitrogens with zero attached hydrogens (tertiary/aromatic N) is 5. The molecular weight excluding hydrogens is 340 g/mol. The van der Waals surface area contributed by atoms with Crippen LogP contribution >= 0.6 is 0 Å². The van der Waals surface area contributed by atoms with Crippen LogP contribution in [0.5, 0.6) is 5.88 Å². The molecule has 3 aromatic rings. The van der Waals surface area contributed by atoms with Gasteiger partial charge < -0.3 is 9.64 Å². The van der Waals surface area contributed by atoms with E-state index in [0.29, 0.717) is 30.1 Å². The first kappa shape index (κ1) is 16.7. The fourth-order valence-electron chi connectivity index (χ4n) is 3.18. The summed E-state index contributed by atoms with van der Waals surface area (Å²) < 4.78 is 34.0. The van der Waals surface area contributed by atoms with Gasteiger partial charge in [-0.1, -0.05) is 6.07 Å².